The van der Waals surface area contributed by atoms with Gasteiger partial charge in [0.15, 0.2) is 5.75 Å². The van der Waals surface area contributed by atoms with Crippen molar-refractivity contribution in [2.75, 3.05) is 13.7 Å². The first-order chi connectivity index (χ1) is 11.0. The Kier molecular flexibility index (Phi) is 7.59. The summed E-state index contributed by atoms with van der Waals surface area (Å²) >= 11 is 0. The minimum atomic E-state index is -1.14. The van der Waals surface area contributed by atoms with E-state index in [1.165, 1.54) is 25.3 Å². The number of aliphatic carboxylic acids is 1. The highest BCUT2D eigenvalue weighted by Crippen LogP contribution is 2.38. The van der Waals surface area contributed by atoms with Crippen molar-refractivity contribution in [3.63, 3.8) is 0 Å². The topological polar surface area (TPSA) is 98.9 Å². The molecule has 0 aliphatic rings. The van der Waals surface area contributed by atoms with Crippen LogP contribution in [0.1, 0.15) is 38.2 Å². The Hall–Kier alpha value is -2.57. The van der Waals surface area contributed by atoms with Crippen LogP contribution in [0.3, 0.4) is 0 Å². The summed E-state index contributed by atoms with van der Waals surface area (Å²) in [6.07, 6.45) is 6.14. The summed E-state index contributed by atoms with van der Waals surface area (Å²) in [6, 6.07) is 2.77. The van der Waals surface area contributed by atoms with E-state index in [0.717, 1.165) is 31.8 Å². The lowest BCUT2D eigenvalue weighted by Gasteiger charge is -2.12. The standard InChI is InChI=1S/C16H21NO6/c1-3-4-5-6-9-23-16-13(17(20)21)10-12(7-8-15(18)19)11-14(16)22-2/h7-8,10-11H,3-6,9H2,1-2H3,(H,18,19)/b8-7+. The number of methoxy groups -OCH3 is 1. The summed E-state index contributed by atoms with van der Waals surface area (Å²) in [6.45, 7) is 2.46. The molecule has 0 amide bonds. The van der Waals surface area contributed by atoms with Gasteiger partial charge in [0.2, 0.25) is 5.75 Å². The second-order valence-corrected chi connectivity index (χ2v) is 4.91. The van der Waals surface area contributed by atoms with Gasteiger partial charge in [-0.1, -0.05) is 26.2 Å². The summed E-state index contributed by atoms with van der Waals surface area (Å²) < 4.78 is 10.7. The molecule has 0 saturated carbocycles. The maximum Gasteiger partial charge on any atom is 0.328 e. The Morgan fingerprint density at radius 2 is 2.09 bits per heavy atom. The Balaban J connectivity index is 3.02. The molecule has 0 spiro atoms. The third-order valence-corrected chi connectivity index (χ3v) is 3.14. The van der Waals surface area contributed by atoms with Crippen molar-refractivity contribution >= 4 is 17.7 Å². The molecular formula is C16H21NO6. The largest absolute Gasteiger partial charge is 0.493 e. The van der Waals surface area contributed by atoms with Gasteiger partial charge in [-0.25, -0.2) is 4.79 Å². The number of nitro benzene ring substituents is 1. The second-order valence-electron chi connectivity index (χ2n) is 4.91. The summed E-state index contributed by atoms with van der Waals surface area (Å²) in [5.41, 5.74) is 0.110. The van der Waals surface area contributed by atoms with E-state index in [4.69, 9.17) is 14.6 Å². The Labute approximate surface area is 134 Å². The van der Waals surface area contributed by atoms with Crippen LogP contribution in [0.25, 0.3) is 6.08 Å². The molecule has 126 valence electrons. The van der Waals surface area contributed by atoms with Gasteiger partial charge in [-0.2, -0.15) is 0 Å². The minimum absolute atomic E-state index is 0.0708. The SMILES string of the molecule is CCCCCCOc1c(OC)cc(/C=C/C(=O)O)cc1[N+](=O)[O-]. The first kappa shape index (κ1) is 18.5. The smallest absolute Gasteiger partial charge is 0.328 e. The normalized spacial score (nSPS) is 10.7. The van der Waals surface area contributed by atoms with E-state index in [9.17, 15) is 14.9 Å². The number of nitro groups is 1. The molecule has 0 aromatic heterocycles. The molecule has 23 heavy (non-hydrogen) atoms. The van der Waals surface area contributed by atoms with Crippen molar-refractivity contribution in [2.45, 2.75) is 32.6 Å². The van der Waals surface area contributed by atoms with Crippen LogP contribution in [-0.4, -0.2) is 29.7 Å². The van der Waals surface area contributed by atoms with Gasteiger partial charge >= 0.3 is 11.7 Å². The summed E-state index contributed by atoms with van der Waals surface area (Å²) in [5, 5.41) is 19.9. The maximum absolute atomic E-state index is 11.2. The zero-order valence-electron chi connectivity index (χ0n) is 13.3. The van der Waals surface area contributed by atoms with Crippen LogP contribution in [0.5, 0.6) is 11.5 Å². The molecule has 1 aromatic carbocycles. The Morgan fingerprint density at radius 3 is 2.65 bits per heavy atom. The first-order valence-electron chi connectivity index (χ1n) is 7.39. The van der Waals surface area contributed by atoms with E-state index < -0.39 is 10.9 Å². The van der Waals surface area contributed by atoms with Gasteiger partial charge in [-0.05, 0) is 24.1 Å². The van der Waals surface area contributed by atoms with Crippen LogP contribution >= 0.6 is 0 Å². The van der Waals surface area contributed by atoms with Crippen molar-refractivity contribution in [1.29, 1.82) is 0 Å². The van der Waals surface area contributed by atoms with E-state index in [2.05, 4.69) is 6.92 Å². The van der Waals surface area contributed by atoms with Gasteiger partial charge in [-0.15, -0.1) is 0 Å². The van der Waals surface area contributed by atoms with Gasteiger partial charge < -0.3 is 14.6 Å². The molecule has 1 aromatic rings. The van der Waals surface area contributed by atoms with Crippen LogP contribution < -0.4 is 9.47 Å². The molecule has 1 rings (SSSR count). The maximum atomic E-state index is 11.2. The zero-order chi connectivity index (χ0) is 17.2. The highest BCUT2D eigenvalue weighted by atomic mass is 16.6. The number of benzene rings is 1. The highest BCUT2D eigenvalue weighted by Gasteiger charge is 2.21. The van der Waals surface area contributed by atoms with Crippen molar-refractivity contribution < 1.29 is 24.3 Å². The fourth-order valence-electron chi connectivity index (χ4n) is 2.01. The van der Waals surface area contributed by atoms with E-state index >= 15 is 0 Å². The van der Waals surface area contributed by atoms with Gasteiger partial charge in [0, 0.05) is 12.1 Å². The summed E-state index contributed by atoms with van der Waals surface area (Å²) in [5.74, 6) is -0.857. The molecule has 0 fully saturated rings. The van der Waals surface area contributed by atoms with Crippen molar-refractivity contribution in [3.05, 3.63) is 33.9 Å². The highest BCUT2D eigenvalue weighted by molar-refractivity contribution is 5.85. The number of ether oxygens (including phenoxy) is 2. The van der Waals surface area contributed by atoms with Crippen LogP contribution in [-0.2, 0) is 4.79 Å². The quantitative estimate of drug-likeness (QED) is 0.305. The second kappa shape index (κ2) is 9.45. The summed E-state index contributed by atoms with van der Waals surface area (Å²) in [4.78, 5) is 21.2. The van der Waals surface area contributed by atoms with Gasteiger partial charge in [0.1, 0.15) is 0 Å². The molecule has 0 heterocycles. The predicted octanol–water partition coefficient (Wildman–Crippen LogP) is 3.66. The van der Waals surface area contributed by atoms with E-state index in [1.807, 2.05) is 0 Å². The average molecular weight is 323 g/mol. The van der Waals surface area contributed by atoms with E-state index in [-0.39, 0.29) is 17.2 Å². The third kappa shape index (κ3) is 5.98. The molecule has 7 heteroatoms. The predicted molar refractivity (Wildman–Crippen MR) is 86.0 cm³/mol. The summed E-state index contributed by atoms with van der Waals surface area (Å²) in [7, 11) is 1.38. The molecule has 0 atom stereocenters. The minimum Gasteiger partial charge on any atom is -0.493 e. The molecule has 7 nitrogen and oxygen atoms in total. The van der Waals surface area contributed by atoms with E-state index in [1.54, 1.807) is 0 Å². The lowest BCUT2D eigenvalue weighted by atomic mass is 10.1. The first-order valence-corrected chi connectivity index (χ1v) is 7.39. The number of carbonyl (C=O) groups is 1. The average Bonchev–Trinajstić information content (AvgIpc) is 2.52. The van der Waals surface area contributed by atoms with Gasteiger partial charge in [-0.3, -0.25) is 10.1 Å². The molecule has 0 bridgehead atoms. The number of rotatable bonds is 10. The molecule has 0 radical (unpaired) electrons. The van der Waals surface area contributed by atoms with Gasteiger partial charge in [0.05, 0.1) is 18.6 Å². The lowest BCUT2D eigenvalue weighted by Crippen LogP contribution is -2.03. The number of hydrogen-bond acceptors (Lipinski definition) is 5. The molecule has 0 aliphatic heterocycles. The number of nitrogens with zero attached hydrogens (tertiary/aromatic N) is 1. The molecule has 1 N–H and O–H groups in total. The zero-order valence-corrected chi connectivity index (χ0v) is 13.3. The van der Waals surface area contributed by atoms with Crippen molar-refractivity contribution in [1.82, 2.24) is 0 Å². The lowest BCUT2D eigenvalue weighted by molar-refractivity contribution is -0.386. The molecular weight excluding hydrogens is 302 g/mol. The fraction of sp³-hybridized carbons (Fsp3) is 0.438. The Morgan fingerprint density at radius 1 is 1.35 bits per heavy atom. The van der Waals surface area contributed by atoms with Crippen LogP contribution in [0.4, 0.5) is 5.69 Å². The number of carboxylic acids is 1. The fourth-order valence-corrected chi connectivity index (χ4v) is 2.01. The van der Waals surface area contributed by atoms with Crippen LogP contribution in [0, 0.1) is 10.1 Å². The van der Waals surface area contributed by atoms with Crippen molar-refractivity contribution in [3.8, 4) is 11.5 Å². The van der Waals surface area contributed by atoms with E-state index in [0.29, 0.717) is 12.2 Å². The van der Waals surface area contributed by atoms with Crippen LogP contribution in [0.15, 0.2) is 18.2 Å². The molecule has 0 saturated heterocycles. The number of carboxylic acid groups (broad SMARTS) is 1. The van der Waals surface area contributed by atoms with Gasteiger partial charge in [0.25, 0.3) is 0 Å². The molecule has 0 unspecified atom stereocenters. The number of hydrogen-bond donors (Lipinski definition) is 1. The third-order valence-electron chi connectivity index (χ3n) is 3.14. The van der Waals surface area contributed by atoms with Crippen molar-refractivity contribution in [2.24, 2.45) is 0 Å². The molecule has 0 aliphatic carbocycles. The monoisotopic (exact) mass is 323 g/mol. The number of unbranched alkanes of at least 4 members (excludes halogenated alkanes) is 3. The Bertz CT molecular complexity index is 582. The van der Waals surface area contributed by atoms with Crippen LogP contribution in [0.2, 0.25) is 0 Å².